The fourth-order valence-electron chi connectivity index (χ4n) is 2.10. The van der Waals surface area contributed by atoms with Crippen molar-refractivity contribution in [2.45, 2.75) is 18.8 Å². The van der Waals surface area contributed by atoms with Crippen LogP contribution in [0.15, 0.2) is 35.0 Å². The highest BCUT2D eigenvalue weighted by Gasteiger charge is 2.29. The quantitative estimate of drug-likeness (QED) is 0.729. The van der Waals surface area contributed by atoms with Crippen molar-refractivity contribution in [2.75, 3.05) is 0 Å². The van der Waals surface area contributed by atoms with E-state index in [-0.39, 0.29) is 0 Å². The van der Waals surface area contributed by atoms with Crippen molar-refractivity contribution in [1.29, 1.82) is 0 Å². The zero-order valence-corrected chi connectivity index (χ0v) is 9.18. The number of fused-ring (bicyclic) bond motifs is 1. The Hall–Kier alpha value is -2.10. The molecule has 1 fully saturated rings. The van der Waals surface area contributed by atoms with Gasteiger partial charge < -0.3 is 9.51 Å². The van der Waals surface area contributed by atoms with E-state index in [1.54, 1.807) is 0 Å². The maximum absolute atomic E-state index is 5.34. The second kappa shape index (κ2) is 3.20. The van der Waals surface area contributed by atoms with E-state index in [1.165, 1.54) is 12.8 Å². The fraction of sp³-hybridized carbons (Fsp3) is 0.231. The summed E-state index contributed by atoms with van der Waals surface area (Å²) in [5.74, 6) is 1.99. The summed E-state index contributed by atoms with van der Waals surface area (Å²) in [5.41, 5.74) is 2.08. The van der Waals surface area contributed by atoms with E-state index in [4.69, 9.17) is 4.52 Å². The molecule has 0 amide bonds. The minimum atomic E-state index is 0.526. The first-order valence-electron chi connectivity index (χ1n) is 5.82. The van der Waals surface area contributed by atoms with Crippen molar-refractivity contribution < 1.29 is 4.52 Å². The molecule has 1 saturated carbocycles. The first kappa shape index (κ1) is 8.98. The van der Waals surface area contributed by atoms with Gasteiger partial charge >= 0.3 is 0 Å². The summed E-state index contributed by atoms with van der Waals surface area (Å²) in [5, 5.41) is 5.16. The summed E-state index contributed by atoms with van der Waals surface area (Å²) < 4.78 is 5.34. The normalized spacial score (nSPS) is 15.5. The van der Waals surface area contributed by atoms with Crippen LogP contribution in [0.4, 0.5) is 0 Å². The van der Waals surface area contributed by atoms with E-state index in [0.717, 1.165) is 22.3 Å². The molecule has 0 spiro atoms. The number of nitrogens with one attached hydrogen (secondary N) is 1. The summed E-state index contributed by atoms with van der Waals surface area (Å²) in [4.78, 5) is 7.68. The van der Waals surface area contributed by atoms with Crippen LogP contribution < -0.4 is 0 Å². The van der Waals surface area contributed by atoms with Crippen LogP contribution in [0, 0.1) is 0 Å². The molecule has 1 aliphatic carbocycles. The van der Waals surface area contributed by atoms with E-state index in [0.29, 0.717) is 11.8 Å². The molecular formula is C13H11N3O. The molecule has 4 rings (SSSR count). The Morgan fingerprint density at radius 3 is 3.00 bits per heavy atom. The zero-order chi connectivity index (χ0) is 11.2. The summed E-state index contributed by atoms with van der Waals surface area (Å²) in [6, 6.07) is 8.11. The minimum absolute atomic E-state index is 0.526. The number of H-pyrrole nitrogens is 1. The minimum Gasteiger partial charge on any atom is -0.360 e. The zero-order valence-electron chi connectivity index (χ0n) is 9.18. The lowest BCUT2D eigenvalue weighted by Gasteiger charge is -1.90. The Morgan fingerprint density at radius 1 is 1.24 bits per heavy atom. The molecule has 0 radical (unpaired) electrons. The van der Waals surface area contributed by atoms with Gasteiger partial charge in [-0.2, -0.15) is 4.98 Å². The Balaban J connectivity index is 1.86. The highest BCUT2D eigenvalue weighted by Crippen LogP contribution is 2.39. The van der Waals surface area contributed by atoms with E-state index in [1.807, 2.05) is 24.4 Å². The molecule has 2 heterocycles. The van der Waals surface area contributed by atoms with Gasteiger partial charge in [-0.15, -0.1) is 0 Å². The largest absolute Gasteiger partial charge is 0.360 e. The summed E-state index contributed by atoms with van der Waals surface area (Å²) in [6.07, 6.45) is 4.30. The molecule has 4 nitrogen and oxygen atoms in total. The average Bonchev–Trinajstić information content (AvgIpc) is 2.95. The number of nitrogens with zero attached hydrogens (tertiary/aromatic N) is 2. The lowest BCUT2D eigenvalue weighted by Crippen LogP contribution is -1.81. The van der Waals surface area contributed by atoms with Crippen molar-refractivity contribution in [3.63, 3.8) is 0 Å². The van der Waals surface area contributed by atoms with E-state index >= 15 is 0 Å². The van der Waals surface area contributed by atoms with Gasteiger partial charge in [0, 0.05) is 23.0 Å². The van der Waals surface area contributed by atoms with E-state index in [2.05, 4.69) is 21.2 Å². The van der Waals surface area contributed by atoms with Crippen LogP contribution in [0.5, 0.6) is 0 Å². The molecule has 0 atom stereocenters. The predicted molar refractivity (Wildman–Crippen MR) is 63.6 cm³/mol. The summed E-state index contributed by atoms with van der Waals surface area (Å²) >= 11 is 0. The summed E-state index contributed by atoms with van der Waals surface area (Å²) in [7, 11) is 0. The highest BCUT2D eigenvalue weighted by molar-refractivity contribution is 5.93. The number of para-hydroxylation sites is 1. The van der Waals surface area contributed by atoms with Crippen molar-refractivity contribution in [3.8, 4) is 11.5 Å². The van der Waals surface area contributed by atoms with Gasteiger partial charge in [-0.3, -0.25) is 0 Å². The molecule has 0 saturated heterocycles. The van der Waals surface area contributed by atoms with Crippen molar-refractivity contribution in [2.24, 2.45) is 0 Å². The smallest absolute Gasteiger partial charge is 0.260 e. The van der Waals surface area contributed by atoms with Crippen molar-refractivity contribution in [3.05, 3.63) is 36.3 Å². The van der Waals surface area contributed by atoms with Gasteiger partial charge in [-0.25, -0.2) is 0 Å². The lowest BCUT2D eigenvalue weighted by molar-refractivity contribution is 0.423. The number of hydrogen-bond donors (Lipinski definition) is 1. The molecule has 17 heavy (non-hydrogen) atoms. The van der Waals surface area contributed by atoms with Crippen LogP contribution in [-0.4, -0.2) is 15.1 Å². The topological polar surface area (TPSA) is 54.7 Å². The molecule has 4 heteroatoms. The Labute approximate surface area is 97.7 Å². The van der Waals surface area contributed by atoms with E-state index < -0.39 is 0 Å². The third kappa shape index (κ3) is 1.37. The first-order valence-corrected chi connectivity index (χ1v) is 5.82. The van der Waals surface area contributed by atoms with Gasteiger partial charge in [0.25, 0.3) is 5.89 Å². The molecule has 2 aromatic heterocycles. The van der Waals surface area contributed by atoms with Gasteiger partial charge in [0.2, 0.25) is 0 Å². The molecule has 1 aromatic carbocycles. The van der Waals surface area contributed by atoms with Crippen LogP contribution >= 0.6 is 0 Å². The Kier molecular flexibility index (Phi) is 1.69. The second-order valence-corrected chi connectivity index (χ2v) is 4.48. The maximum Gasteiger partial charge on any atom is 0.260 e. The SMILES string of the molecule is c1ccc2c(-c3nc(C4CC4)no3)c[nH]c2c1. The molecule has 1 N–H and O–H groups in total. The fourth-order valence-corrected chi connectivity index (χ4v) is 2.10. The number of benzene rings is 1. The Morgan fingerprint density at radius 2 is 2.12 bits per heavy atom. The van der Waals surface area contributed by atoms with Crippen molar-refractivity contribution >= 4 is 10.9 Å². The molecule has 0 unspecified atom stereocenters. The van der Waals surface area contributed by atoms with Gasteiger partial charge in [0.05, 0.1) is 5.56 Å². The molecular weight excluding hydrogens is 214 g/mol. The molecule has 0 aliphatic heterocycles. The van der Waals surface area contributed by atoms with Crippen molar-refractivity contribution in [1.82, 2.24) is 15.1 Å². The summed E-state index contributed by atoms with van der Waals surface area (Å²) in [6.45, 7) is 0. The van der Waals surface area contributed by atoms with Crippen LogP contribution in [0.3, 0.4) is 0 Å². The van der Waals surface area contributed by atoms with Gasteiger partial charge in [-0.05, 0) is 18.9 Å². The number of aromatic nitrogens is 3. The molecule has 84 valence electrons. The number of hydrogen-bond acceptors (Lipinski definition) is 3. The number of aromatic amines is 1. The van der Waals surface area contributed by atoms with Crippen LogP contribution in [0.25, 0.3) is 22.4 Å². The number of rotatable bonds is 2. The third-order valence-corrected chi connectivity index (χ3v) is 3.20. The monoisotopic (exact) mass is 225 g/mol. The first-order chi connectivity index (χ1) is 8.42. The molecule has 1 aliphatic rings. The Bertz CT molecular complexity index is 679. The van der Waals surface area contributed by atoms with Gasteiger partial charge in [0.15, 0.2) is 5.82 Å². The van der Waals surface area contributed by atoms with Crippen LogP contribution in [0.2, 0.25) is 0 Å². The standard InChI is InChI=1S/C13H11N3O/c1-2-4-11-9(3-1)10(7-14-11)13-15-12(16-17-13)8-5-6-8/h1-4,7-8,14H,5-6H2. The molecule has 0 bridgehead atoms. The van der Waals surface area contributed by atoms with Gasteiger partial charge in [-0.1, -0.05) is 23.4 Å². The second-order valence-electron chi connectivity index (χ2n) is 4.48. The lowest BCUT2D eigenvalue weighted by atomic mass is 10.2. The third-order valence-electron chi connectivity index (χ3n) is 3.20. The predicted octanol–water partition coefficient (Wildman–Crippen LogP) is 3.10. The average molecular weight is 225 g/mol. The van der Waals surface area contributed by atoms with Crippen LogP contribution in [0.1, 0.15) is 24.6 Å². The molecule has 3 aromatic rings. The highest BCUT2D eigenvalue weighted by atomic mass is 16.5. The van der Waals surface area contributed by atoms with Crippen LogP contribution in [-0.2, 0) is 0 Å². The van der Waals surface area contributed by atoms with E-state index in [9.17, 15) is 0 Å². The maximum atomic E-state index is 5.34. The van der Waals surface area contributed by atoms with Gasteiger partial charge in [0.1, 0.15) is 0 Å².